The number of aromatic nitrogens is 5. The van der Waals surface area contributed by atoms with E-state index < -0.39 is 42.6 Å². The second kappa shape index (κ2) is 18.5. The van der Waals surface area contributed by atoms with Gasteiger partial charge >= 0.3 is 24.1 Å². The molecule has 6 atom stereocenters. The molecule has 2 fully saturated rings. The van der Waals surface area contributed by atoms with Crippen LogP contribution in [0.1, 0.15) is 71.4 Å². The maximum atomic E-state index is 13.6. The highest BCUT2D eigenvalue weighted by Gasteiger charge is 2.48. The fraction of sp³-hybridized carbons (Fsp3) is 0.512. The third kappa shape index (κ3) is 9.39. The highest BCUT2D eigenvalue weighted by Crippen LogP contribution is 2.37. The highest BCUT2D eigenvalue weighted by molar-refractivity contribution is 5.96. The van der Waals surface area contributed by atoms with Gasteiger partial charge in [-0.1, -0.05) is 38.0 Å². The summed E-state index contributed by atoms with van der Waals surface area (Å²) in [6, 6.07) is 10.6. The number of rotatable bonds is 13. The fourth-order valence-corrected chi connectivity index (χ4v) is 7.58. The van der Waals surface area contributed by atoms with E-state index in [0.29, 0.717) is 40.4 Å². The number of hydrogen-bond acceptors (Lipinski definition) is 13. The summed E-state index contributed by atoms with van der Waals surface area (Å²) in [7, 11) is 3.20. The number of hydrogen-bond donors (Lipinski definition) is 0. The van der Waals surface area contributed by atoms with Crippen molar-refractivity contribution in [1.29, 1.82) is 5.26 Å². The summed E-state index contributed by atoms with van der Waals surface area (Å²) in [4.78, 5) is 62.5. The molecule has 308 valence electrons. The SMILES string of the molecule is CC(=O)O[C@H]1[C@H](Oc2ccccc2COC(=O)N(C)CCN(C)C(=O)n2ccc3c(-c4cnn([C@H](CC#N)C5CCCC5)c4)ncnc32)O[C@H](C)[C@@H](C)[C@@H]1OC(C)=O. The number of ether oxygens (including phenoxy) is 5. The van der Waals surface area contributed by atoms with Crippen molar-refractivity contribution in [2.24, 2.45) is 11.8 Å². The highest BCUT2D eigenvalue weighted by atomic mass is 16.7. The van der Waals surface area contributed by atoms with E-state index in [4.69, 9.17) is 23.7 Å². The zero-order valence-corrected chi connectivity index (χ0v) is 33.6. The Hall–Kier alpha value is -6.02. The molecule has 0 spiro atoms. The fourth-order valence-electron chi connectivity index (χ4n) is 7.58. The third-order valence-corrected chi connectivity index (χ3v) is 10.9. The Morgan fingerprint density at radius 3 is 2.41 bits per heavy atom. The van der Waals surface area contributed by atoms with Gasteiger partial charge in [-0.05, 0) is 37.8 Å². The lowest BCUT2D eigenvalue weighted by Gasteiger charge is -2.43. The van der Waals surface area contributed by atoms with Gasteiger partial charge < -0.3 is 33.5 Å². The second-order valence-electron chi connectivity index (χ2n) is 15.0. The molecular formula is C41H50N8O9. The van der Waals surface area contributed by atoms with Gasteiger partial charge in [0.15, 0.2) is 5.65 Å². The zero-order valence-electron chi connectivity index (χ0n) is 33.6. The van der Waals surface area contributed by atoms with Gasteiger partial charge in [0.1, 0.15) is 24.8 Å². The average Bonchev–Trinajstić information content (AvgIpc) is 4.00. The van der Waals surface area contributed by atoms with Gasteiger partial charge in [0.25, 0.3) is 0 Å². The molecule has 0 radical (unpaired) electrons. The van der Waals surface area contributed by atoms with Crippen molar-refractivity contribution in [1.82, 2.24) is 34.1 Å². The molecule has 0 bridgehead atoms. The zero-order chi connectivity index (χ0) is 41.5. The van der Waals surface area contributed by atoms with Crippen LogP contribution in [0, 0.1) is 23.2 Å². The van der Waals surface area contributed by atoms with Crippen LogP contribution in [0.5, 0.6) is 5.75 Å². The number of para-hydroxylation sites is 1. The van der Waals surface area contributed by atoms with Crippen molar-refractivity contribution < 1.29 is 42.9 Å². The third-order valence-electron chi connectivity index (χ3n) is 10.9. The Kier molecular flexibility index (Phi) is 13.3. The van der Waals surface area contributed by atoms with Gasteiger partial charge in [-0.15, -0.1) is 0 Å². The minimum absolute atomic E-state index is 0.000448. The Balaban J connectivity index is 1.06. The number of amides is 2. The Morgan fingerprint density at radius 1 is 0.983 bits per heavy atom. The van der Waals surface area contributed by atoms with Crippen molar-refractivity contribution in [3.63, 3.8) is 0 Å². The first-order chi connectivity index (χ1) is 27.9. The molecule has 17 nitrogen and oxygen atoms in total. The number of nitriles is 1. The van der Waals surface area contributed by atoms with Crippen molar-refractivity contribution >= 4 is 35.1 Å². The number of esters is 2. The minimum atomic E-state index is -1.12. The van der Waals surface area contributed by atoms with Crippen molar-refractivity contribution in [2.75, 3.05) is 27.2 Å². The van der Waals surface area contributed by atoms with Crippen LogP contribution in [0.2, 0.25) is 0 Å². The van der Waals surface area contributed by atoms with Crippen LogP contribution in [-0.4, -0.2) is 110 Å². The summed E-state index contributed by atoms with van der Waals surface area (Å²) < 4.78 is 32.3. The van der Waals surface area contributed by atoms with E-state index in [1.807, 2.05) is 24.7 Å². The van der Waals surface area contributed by atoms with Gasteiger partial charge in [0, 0.05) is 75.9 Å². The molecule has 0 unspecified atom stereocenters. The van der Waals surface area contributed by atoms with E-state index >= 15 is 0 Å². The quantitative estimate of drug-likeness (QED) is 0.118. The van der Waals surface area contributed by atoms with Gasteiger partial charge in [0.2, 0.25) is 12.4 Å². The summed E-state index contributed by atoms with van der Waals surface area (Å²) in [6.45, 7) is 6.36. The maximum Gasteiger partial charge on any atom is 0.409 e. The summed E-state index contributed by atoms with van der Waals surface area (Å²) >= 11 is 0. The van der Waals surface area contributed by atoms with Crippen molar-refractivity contribution in [3.8, 4) is 23.1 Å². The number of nitrogens with zero attached hydrogens (tertiary/aromatic N) is 8. The predicted octanol–water partition coefficient (Wildman–Crippen LogP) is 5.73. The molecule has 17 heteroatoms. The lowest BCUT2D eigenvalue weighted by Crippen LogP contribution is -2.57. The molecule has 2 amide bonds. The molecule has 1 aliphatic carbocycles. The van der Waals surface area contributed by atoms with Gasteiger partial charge in [-0.25, -0.2) is 19.6 Å². The molecule has 0 N–H and O–H groups in total. The number of carbonyl (C=O) groups is 4. The normalized spacial score (nSPS) is 21.2. The minimum Gasteiger partial charge on any atom is -0.460 e. The molecular weight excluding hydrogens is 748 g/mol. The molecule has 6 rings (SSSR count). The topological polar surface area (TPSA) is 193 Å². The first-order valence-electron chi connectivity index (χ1n) is 19.5. The lowest BCUT2D eigenvalue weighted by atomic mass is 9.91. The molecule has 3 aromatic heterocycles. The molecule has 1 saturated carbocycles. The van der Waals surface area contributed by atoms with E-state index in [1.165, 1.54) is 34.5 Å². The number of benzene rings is 1. The van der Waals surface area contributed by atoms with Crippen LogP contribution in [0.15, 0.2) is 55.2 Å². The molecule has 58 heavy (non-hydrogen) atoms. The Morgan fingerprint density at radius 2 is 1.69 bits per heavy atom. The first-order valence-corrected chi connectivity index (χ1v) is 19.5. The van der Waals surface area contributed by atoms with E-state index in [0.717, 1.165) is 31.2 Å². The van der Waals surface area contributed by atoms with E-state index in [2.05, 4.69) is 21.1 Å². The molecule has 1 aromatic carbocycles. The van der Waals surface area contributed by atoms with E-state index in [-0.39, 0.29) is 37.7 Å². The van der Waals surface area contributed by atoms with Crippen LogP contribution < -0.4 is 4.74 Å². The number of fused-ring (bicyclic) bond motifs is 1. The van der Waals surface area contributed by atoms with Gasteiger partial charge in [-0.3, -0.25) is 18.8 Å². The summed E-state index contributed by atoms with van der Waals surface area (Å²) in [5.41, 5.74) is 2.34. The van der Waals surface area contributed by atoms with Crippen LogP contribution in [0.3, 0.4) is 0 Å². The molecule has 4 heterocycles. The summed E-state index contributed by atoms with van der Waals surface area (Å²) in [5, 5.41) is 14.8. The van der Waals surface area contributed by atoms with Crippen LogP contribution >= 0.6 is 0 Å². The second-order valence-corrected chi connectivity index (χ2v) is 15.0. The Bertz CT molecular complexity index is 2140. The van der Waals surface area contributed by atoms with Crippen LogP contribution in [0.25, 0.3) is 22.3 Å². The standard InChI is InChI=1S/C41H50N8O9/c1-25-26(2)55-39(37(57-28(4)51)36(25)56-27(3)50)58-34-14-10-9-13-30(34)23-54-41(53)47(6)20-19-46(5)40(52)48-18-16-32-35(43-24-44-38(32)48)31-21-45-49(22-31)33(15-17-42)29-11-7-8-12-29/h9-10,13-14,16,18,21-22,24-26,29,33,36-37,39H,7-8,11-12,15,19-20,23H2,1-6H3/t25-,26-,33-,36+,37-,39+/m1/s1. The van der Waals surface area contributed by atoms with Crippen molar-refractivity contribution in [2.45, 2.75) is 97.0 Å². The summed E-state index contributed by atoms with van der Waals surface area (Å²) in [5.74, 6) is -0.687. The first kappa shape index (κ1) is 41.6. The van der Waals surface area contributed by atoms with Gasteiger partial charge in [0.05, 0.1) is 36.5 Å². The lowest BCUT2D eigenvalue weighted by molar-refractivity contribution is -0.263. The number of carbonyl (C=O) groups excluding carboxylic acids is 4. The monoisotopic (exact) mass is 798 g/mol. The average molecular weight is 799 g/mol. The van der Waals surface area contributed by atoms with Gasteiger partial charge in [-0.2, -0.15) is 10.4 Å². The van der Waals surface area contributed by atoms with E-state index in [9.17, 15) is 24.4 Å². The number of likely N-dealkylation sites (N-methyl/N-ethyl adjacent to an activating group) is 2. The predicted molar refractivity (Wildman–Crippen MR) is 208 cm³/mol. The smallest absolute Gasteiger partial charge is 0.409 e. The van der Waals surface area contributed by atoms with E-state index in [1.54, 1.807) is 56.8 Å². The van der Waals surface area contributed by atoms with Crippen molar-refractivity contribution in [3.05, 3.63) is 60.8 Å². The maximum absolute atomic E-state index is 13.6. The van der Waals surface area contributed by atoms with Crippen LogP contribution in [-0.2, 0) is 35.1 Å². The molecule has 1 aliphatic heterocycles. The molecule has 2 aliphatic rings. The largest absolute Gasteiger partial charge is 0.460 e. The van der Waals surface area contributed by atoms with Crippen LogP contribution in [0.4, 0.5) is 9.59 Å². The molecule has 4 aromatic rings. The molecule has 1 saturated heterocycles. The Labute approximate surface area is 336 Å². The summed E-state index contributed by atoms with van der Waals surface area (Å²) in [6.07, 6.45) is 7.58.